The van der Waals surface area contributed by atoms with Crippen LogP contribution in [0.3, 0.4) is 0 Å². The molecule has 0 amide bonds. The maximum atomic E-state index is 3.26. The number of hydrogen-bond acceptors (Lipinski definition) is 1. The summed E-state index contributed by atoms with van der Waals surface area (Å²) in [4.78, 5) is 0. The zero-order valence-electron chi connectivity index (χ0n) is 11.7. The summed E-state index contributed by atoms with van der Waals surface area (Å²) in [7, 11) is 1.99. The molecule has 0 bridgehead atoms. The Balaban J connectivity index is 2.13. The lowest BCUT2D eigenvalue weighted by Crippen LogP contribution is -2.10. The molecule has 98 valence electrons. The van der Waals surface area contributed by atoms with Crippen molar-refractivity contribution in [2.75, 3.05) is 12.4 Å². The smallest absolute Gasteiger partial charge is 0.0343 e. The van der Waals surface area contributed by atoms with Crippen LogP contribution >= 0.6 is 0 Å². The lowest BCUT2D eigenvalue weighted by Gasteiger charge is -2.28. The summed E-state index contributed by atoms with van der Waals surface area (Å²) in [5, 5.41) is 3.26. The minimum absolute atomic E-state index is 0.764. The zero-order valence-corrected chi connectivity index (χ0v) is 11.7. The SMILES string of the molecule is CNc1ccc(C2CCC2)c(-c2ccccc2C)c1. The molecule has 2 aromatic carbocycles. The van der Waals surface area contributed by atoms with Crippen molar-refractivity contribution in [2.24, 2.45) is 0 Å². The van der Waals surface area contributed by atoms with Gasteiger partial charge >= 0.3 is 0 Å². The van der Waals surface area contributed by atoms with Crippen molar-refractivity contribution in [1.29, 1.82) is 0 Å². The van der Waals surface area contributed by atoms with Crippen molar-refractivity contribution in [2.45, 2.75) is 32.1 Å². The molecule has 0 aliphatic heterocycles. The molecular weight excluding hydrogens is 230 g/mol. The van der Waals surface area contributed by atoms with E-state index >= 15 is 0 Å². The molecule has 3 rings (SSSR count). The van der Waals surface area contributed by atoms with Crippen LogP contribution in [0.15, 0.2) is 42.5 Å². The Kier molecular flexibility index (Phi) is 3.29. The zero-order chi connectivity index (χ0) is 13.2. The van der Waals surface area contributed by atoms with Gasteiger partial charge in [-0.25, -0.2) is 0 Å². The van der Waals surface area contributed by atoms with Crippen LogP contribution in [0.4, 0.5) is 5.69 Å². The second-order valence-electron chi connectivity index (χ2n) is 5.49. The fourth-order valence-electron chi connectivity index (χ4n) is 2.90. The highest BCUT2D eigenvalue weighted by Gasteiger charge is 2.23. The van der Waals surface area contributed by atoms with Gasteiger partial charge < -0.3 is 5.32 Å². The van der Waals surface area contributed by atoms with Crippen LogP contribution in [-0.2, 0) is 0 Å². The molecule has 1 aliphatic rings. The largest absolute Gasteiger partial charge is 0.388 e. The summed E-state index contributed by atoms with van der Waals surface area (Å²) in [6.45, 7) is 2.20. The summed E-state index contributed by atoms with van der Waals surface area (Å²) >= 11 is 0. The molecule has 1 heteroatoms. The monoisotopic (exact) mass is 251 g/mol. The van der Waals surface area contributed by atoms with Gasteiger partial charge in [-0.3, -0.25) is 0 Å². The first-order valence-electron chi connectivity index (χ1n) is 7.17. The van der Waals surface area contributed by atoms with E-state index in [1.807, 2.05) is 7.05 Å². The van der Waals surface area contributed by atoms with E-state index in [9.17, 15) is 0 Å². The van der Waals surface area contributed by atoms with Gasteiger partial charge in [0.15, 0.2) is 0 Å². The second kappa shape index (κ2) is 5.08. The molecule has 1 aliphatic carbocycles. The van der Waals surface area contributed by atoms with E-state index in [4.69, 9.17) is 0 Å². The minimum Gasteiger partial charge on any atom is -0.388 e. The summed E-state index contributed by atoms with van der Waals surface area (Å²) in [6, 6.07) is 15.5. The molecule has 0 radical (unpaired) electrons. The number of nitrogens with one attached hydrogen (secondary N) is 1. The van der Waals surface area contributed by atoms with E-state index in [0.29, 0.717) is 0 Å². The molecule has 0 unspecified atom stereocenters. The standard InChI is InChI=1S/C18H21N/c1-13-6-3-4-9-16(13)18-12-15(19-2)10-11-17(18)14-7-5-8-14/h3-4,6,9-12,14,19H,5,7-8H2,1-2H3. The van der Waals surface area contributed by atoms with Gasteiger partial charge in [-0.2, -0.15) is 0 Å². The van der Waals surface area contributed by atoms with Gasteiger partial charge in [-0.05, 0) is 60.1 Å². The van der Waals surface area contributed by atoms with Gasteiger partial charge in [-0.15, -0.1) is 0 Å². The fraction of sp³-hybridized carbons (Fsp3) is 0.333. The van der Waals surface area contributed by atoms with E-state index in [1.54, 1.807) is 0 Å². The van der Waals surface area contributed by atoms with Crippen LogP contribution in [0.5, 0.6) is 0 Å². The van der Waals surface area contributed by atoms with Crippen molar-refractivity contribution in [3.8, 4) is 11.1 Å². The molecule has 19 heavy (non-hydrogen) atoms. The topological polar surface area (TPSA) is 12.0 Å². The first-order valence-corrected chi connectivity index (χ1v) is 7.17. The van der Waals surface area contributed by atoms with Crippen LogP contribution in [-0.4, -0.2) is 7.05 Å². The molecule has 1 N–H and O–H groups in total. The maximum absolute atomic E-state index is 3.26. The van der Waals surface area contributed by atoms with Crippen molar-refractivity contribution < 1.29 is 0 Å². The molecule has 0 saturated heterocycles. The summed E-state index contributed by atoms with van der Waals surface area (Å²) < 4.78 is 0. The highest BCUT2D eigenvalue weighted by molar-refractivity contribution is 5.74. The van der Waals surface area contributed by atoms with Crippen molar-refractivity contribution in [3.63, 3.8) is 0 Å². The normalized spacial score (nSPS) is 15.1. The van der Waals surface area contributed by atoms with E-state index in [2.05, 4.69) is 54.7 Å². The Hall–Kier alpha value is -1.76. The van der Waals surface area contributed by atoms with Crippen LogP contribution in [0.2, 0.25) is 0 Å². The highest BCUT2D eigenvalue weighted by Crippen LogP contribution is 2.42. The molecule has 1 fully saturated rings. The Morgan fingerprint density at radius 3 is 2.42 bits per heavy atom. The first kappa shape index (κ1) is 12.3. The van der Waals surface area contributed by atoms with E-state index in [0.717, 1.165) is 5.92 Å². The van der Waals surface area contributed by atoms with Gasteiger partial charge in [0.25, 0.3) is 0 Å². The number of benzene rings is 2. The number of anilines is 1. The summed E-state index contributed by atoms with van der Waals surface area (Å²) in [6.07, 6.45) is 4.07. The van der Waals surface area contributed by atoms with Gasteiger partial charge in [0.1, 0.15) is 0 Å². The molecule has 0 aromatic heterocycles. The number of hydrogen-bond donors (Lipinski definition) is 1. The van der Waals surface area contributed by atoms with Crippen LogP contribution in [0, 0.1) is 6.92 Å². The highest BCUT2D eigenvalue weighted by atomic mass is 14.8. The molecule has 0 spiro atoms. The Bertz CT molecular complexity index is 582. The van der Waals surface area contributed by atoms with Gasteiger partial charge in [0, 0.05) is 12.7 Å². The molecular formula is C18H21N. The molecule has 1 saturated carbocycles. The Morgan fingerprint density at radius 2 is 1.79 bits per heavy atom. The molecule has 0 atom stereocenters. The molecule has 2 aromatic rings. The third kappa shape index (κ3) is 2.25. The van der Waals surface area contributed by atoms with E-state index in [-0.39, 0.29) is 0 Å². The van der Waals surface area contributed by atoms with Gasteiger partial charge in [0.2, 0.25) is 0 Å². The first-order chi connectivity index (χ1) is 9.29. The molecule has 0 heterocycles. The lowest BCUT2D eigenvalue weighted by atomic mass is 9.76. The fourth-order valence-corrected chi connectivity index (χ4v) is 2.90. The third-order valence-electron chi connectivity index (χ3n) is 4.32. The average Bonchev–Trinajstić information content (AvgIpc) is 2.38. The van der Waals surface area contributed by atoms with Crippen LogP contribution in [0.25, 0.3) is 11.1 Å². The van der Waals surface area contributed by atoms with E-state index < -0.39 is 0 Å². The molecule has 1 nitrogen and oxygen atoms in total. The van der Waals surface area contributed by atoms with Crippen LogP contribution < -0.4 is 5.32 Å². The minimum atomic E-state index is 0.764. The van der Waals surface area contributed by atoms with Gasteiger partial charge in [-0.1, -0.05) is 36.8 Å². The number of aryl methyl sites for hydroxylation is 1. The predicted octanol–water partition coefficient (Wildman–Crippen LogP) is 4.97. The van der Waals surface area contributed by atoms with Crippen molar-refractivity contribution >= 4 is 5.69 Å². The quantitative estimate of drug-likeness (QED) is 0.812. The average molecular weight is 251 g/mol. The predicted molar refractivity (Wildman–Crippen MR) is 82.8 cm³/mol. The van der Waals surface area contributed by atoms with Crippen LogP contribution in [0.1, 0.15) is 36.3 Å². The van der Waals surface area contributed by atoms with Crippen molar-refractivity contribution in [1.82, 2.24) is 0 Å². The van der Waals surface area contributed by atoms with Crippen molar-refractivity contribution in [3.05, 3.63) is 53.6 Å². The summed E-state index contributed by atoms with van der Waals surface area (Å²) in [5.41, 5.74) is 6.87. The Morgan fingerprint density at radius 1 is 1.00 bits per heavy atom. The van der Waals surface area contributed by atoms with E-state index in [1.165, 1.54) is 47.2 Å². The van der Waals surface area contributed by atoms with Gasteiger partial charge in [0.05, 0.1) is 0 Å². The second-order valence-corrected chi connectivity index (χ2v) is 5.49. The number of rotatable bonds is 3. The maximum Gasteiger partial charge on any atom is 0.0343 e. The Labute approximate surface area is 115 Å². The summed E-state index contributed by atoms with van der Waals surface area (Å²) in [5.74, 6) is 0.764. The third-order valence-corrected chi connectivity index (χ3v) is 4.32. The lowest BCUT2D eigenvalue weighted by molar-refractivity contribution is 0.420.